The summed E-state index contributed by atoms with van der Waals surface area (Å²) in [5, 5.41) is 0. The van der Waals surface area contributed by atoms with E-state index in [2.05, 4.69) is 19.1 Å². The van der Waals surface area contributed by atoms with E-state index in [0.29, 0.717) is 0 Å². The standard InChI is InChI=1S/C18H19NO2/c1-2-3-11-4-8-14(9-5-11)19-17(20)15-12-6-7-13(10-12)16(15)18(19)21/h4-9,12-13,15-16H,2-3,10H2,1H3. The second kappa shape index (κ2) is 4.55. The summed E-state index contributed by atoms with van der Waals surface area (Å²) in [7, 11) is 0. The Balaban J connectivity index is 1.64. The lowest BCUT2D eigenvalue weighted by Gasteiger charge is -2.17. The summed E-state index contributed by atoms with van der Waals surface area (Å²) in [5.74, 6) is 0.349. The Morgan fingerprint density at radius 2 is 1.57 bits per heavy atom. The van der Waals surface area contributed by atoms with Crippen LogP contribution in [0.3, 0.4) is 0 Å². The number of amides is 2. The first-order valence-corrected chi connectivity index (χ1v) is 7.85. The number of allylic oxidation sites excluding steroid dienone is 2. The van der Waals surface area contributed by atoms with Crippen LogP contribution in [0.1, 0.15) is 25.3 Å². The van der Waals surface area contributed by atoms with E-state index < -0.39 is 0 Å². The zero-order chi connectivity index (χ0) is 14.6. The van der Waals surface area contributed by atoms with Crippen LogP contribution in [0.4, 0.5) is 5.69 Å². The third-order valence-corrected chi connectivity index (χ3v) is 5.20. The molecule has 3 nitrogen and oxygen atoms in total. The van der Waals surface area contributed by atoms with Crippen LogP contribution >= 0.6 is 0 Å². The van der Waals surface area contributed by atoms with Crippen LogP contribution < -0.4 is 4.90 Å². The lowest BCUT2D eigenvalue weighted by molar-refractivity contribution is -0.123. The third-order valence-electron chi connectivity index (χ3n) is 5.20. The SMILES string of the molecule is CCCc1ccc(N2C(=O)C3C4C=CC(C4)C3C2=O)cc1. The Bertz CT molecular complexity index is 601. The first-order chi connectivity index (χ1) is 10.2. The molecule has 3 aliphatic rings. The van der Waals surface area contributed by atoms with Gasteiger partial charge in [-0.25, -0.2) is 0 Å². The van der Waals surface area contributed by atoms with Crippen LogP contribution in [0.5, 0.6) is 0 Å². The Hall–Kier alpha value is -1.90. The Morgan fingerprint density at radius 3 is 2.10 bits per heavy atom. The number of benzene rings is 1. The monoisotopic (exact) mass is 281 g/mol. The number of aryl methyl sites for hydroxylation is 1. The van der Waals surface area contributed by atoms with Crippen molar-refractivity contribution in [2.45, 2.75) is 26.2 Å². The van der Waals surface area contributed by atoms with Gasteiger partial charge in [-0.05, 0) is 42.4 Å². The smallest absolute Gasteiger partial charge is 0.238 e. The quantitative estimate of drug-likeness (QED) is 0.631. The van der Waals surface area contributed by atoms with Crippen LogP contribution in [-0.2, 0) is 16.0 Å². The maximum atomic E-state index is 12.7. The highest BCUT2D eigenvalue weighted by Gasteiger charge is 2.59. The molecular weight excluding hydrogens is 262 g/mol. The maximum absolute atomic E-state index is 12.7. The first kappa shape index (κ1) is 12.8. The minimum absolute atomic E-state index is 0.00471. The summed E-state index contributed by atoms with van der Waals surface area (Å²) < 4.78 is 0. The highest BCUT2D eigenvalue weighted by molar-refractivity contribution is 6.22. The molecule has 2 amide bonds. The van der Waals surface area contributed by atoms with Gasteiger partial charge >= 0.3 is 0 Å². The van der Waals surface area contributed by atoms with Crippen molar-refractivity contribution in [1.82, 2.24) is 0 Å². The zero-order valence-electron chi connectivity index (χ0n) is 12.2. The summed E-state index contributed by atoms with van der Waals surface area (Å²) in [6, 6.07) is 7.88. The summed E-state index contributed by atoms with van der Waals surface area (Å²) in [6.07, 6.45) is 7.37. The van der Waals surface area contributed by atoms with Gasteiger partial charge in [-0.15, -0.1) is 0 Å². The number of carbonyl (C=O) groups is 2. The summed E-state index contributed by atoms with van der Waals surface area (Å²) in [5.41, 5.74) is 1.99. The van der Waals surface area contributed by atoms with Gasteiger partial charge in [-0.2, -0.15) is 0 Å². The van der Waals surface area contributed by atoms with Crippen LogP contribution in [-0.4, -0.2) is 11.8 Å². The normalized spacial score (nSPS) is 33.1. The van der Waals surface area contributed by atoms with E-state index >= 15 is 0 Å². The van der Waals surface area contributed by atoms with E-state index in [4.69, 9.17) is 0 Å². The van der Waals surface area contributed by atoms with Gasteiger partial charge in [0.05, 0.1) is 17.5 Å². The number of nitrogens with zero attached hydrogens (tertiary/aromatic N) is 1. The topological polar surface area (TPSA) is 37.4 Å². The molecule has 2 fully saturated rings. The van der Waals surface area contributed by atoms with E-state index in [-0.39, 0.29) is 35.5 Å². The molecule has 3 heteroatoms. The van der Waals surface area contributed by atoms with Gasteiger partial charge in [0.25, 0.3) is 0 Å². The minimum atomic E-state index is -0.109. The second-order valence-electron chi connectivity index (χ2n) is 6.43. The van der Waals surface area contributed by atoms with Crippen molar-refractivity contribution >= 4 is 17.5 Å². The average Bonchev–Trinajstić information content (AvgIpc) is 3.15. The molecule has 1 saturated heterocycles. The molecule has 1 heterocycles. The maximum Gasteiger partial charge on any atom is 0.238 e. The number of fused-ring (bicyclic) bond motifs is 5. The molecule has 4 rings (SSSR count). The lowest BCUT2D eigenvalue weighted by atomic mass is 9.85. The van der Waals surface area contributed by atoms with Gasteiger partial charge in [0, 0.05) is 0 Å². The Morgan fingerprint density at radius 1 is 1.00 bits per heavy atom. The number of carbonyl (C=O) groups excluding carboxylic acids is 2. The highest BCUT2D eigenvalue weighted by Crippen LogP contribution is 2.53. The fourth-order valence-electron chi connectivity index (χ4n) is 4.26. The lowest BCUT2D eigenvalue weighted by Crippen LogP contribution is -2.32. The average molecular weight is 281 g/mol. The van der Waals surface area contributed by atoms with E-state index in [1.807, 2.05) is 24.3 Å². The van der Waals surface area contributed by atoms with Crippen molar-refractivity contribution in [3.8, 4) is 0 Å². The van der Waals surface area contributed by atoms with Gasteiger partial charge in [0.1, 0.15) is 0 Å². The largest absolute Gasteiger partial charge is 0.274 e. The predicted molar refractivity (Wildman–Crippen MR) is 80.6 cm³/mol. The van der Waals surface area contributed by atoms with Crippen molar-refractivity contribution in [2.24, 2.45) is 23.7 Å². The van der Waals surface area contributed by atoms with Crippen molar-refractivity contribution in [3.63, 3.8) is 0 Å². The molecule has 1 saturated carbocycles. The molecular formula is C18H19NO2. The van der Waals surface area contributed by atoms with E-state index in [9.17, 15) is 9.59 Å². The molecule has 0 spiro atoms. The summed E-state index contributed by atoms with van der Waals surface area (Å²) in [6.45, 7) is 2.14. The zero-order valence-corrected chi connectivity index (χ0v) is 12.2. The molecule has 1 aromatic rings. The number of hydrogen-bond donors (Lipinski definition) is 0. The molecule has 1 aliphatic heterocycles. The fourth-order valence-corrected chi connectivity index (χ4v) is 4.26. The predicted octanol–water partition coefficient (Wildman–Crippen LogP) is 2.95. The van der Waals surface area contributed by atoms with E-state index in [1.54, 1.807) is 0 Å². The molecule has 21 heavy (non-hydrogen) atoms. The number of hydrogen-bond acceptors (Lipinski definition) is 2. The molecule has 0 N–H and O–H groups in total. The third kappa shape index (κ3) is 1.73. The van der Waals surface area contributed by atoms with Crippen LogP contribution in [0.25, 0.3) is 0 Å². The van der Waals surface area contributed by atoms with Gasteiger partial charge < -0.3 is 0 Å². The van der Waals surface area contributed by atoms with Crippen molar-refractivity contribution in [3.05, 3.63) is 42.0 Å². The van der Waals surface area contributed by atoms with Crippen LogP contribution in [0, 0.1) is 23.7 Å². The molecule has 1 aromatic carbocycles. The molecule has 0 aromatic heterocycles. The van der Waals surface area contributed by atoms with Gasteiger partial charge in [0.15, 0.2) is 0 Å². The molecule has 108 valence electrons. The molecule has 0 radical (unpaired) electrons. The van der Waals surface area contributed by atoms with Crippen LogP contribution in [0.2, 0.25) is 0 Å². The minimum Gasteiger partial charge on any atom is -0.274 e. The Kier molecular flexibility index (Phi) is 2.78. The Labute approximate surface area is 124 Å². The van der Waals surface area contributed by atoms with Crippen molar-refractivity contribution in [1.29, 1.82) is 0 Å². The first-order valence-electron chi connectivity index (χ1n) is 7.85. The molecule has 2 aliphatic carbocycles. The molecule has 4 atom stereocenters. The van der Waals surface area contributed by atoms with Crippen LogP contribution in [0.15, 0.2) is 36.4 Å². The fraction of sp³-hybridized carbons (Fsp3) is 0.444. The highest BCUT2D eigenvalue weighted by atomic mass is 16.2. The van der Waals surface area contributed by atoms with Gasteiger partial charge in [-0.3, -0.25) is 14.5 Å². The number of anilines is 1. The summed E-state index contributed by atoms with van der Waals surface area (Å²) in [4.78, 5) is 26.8. The van der Waals surface area contributed by atoms with Gasteiger partial charge in [-0.1, -0.05) is 37.6 Å². The van der Waals surface area contributed by atoms with Crippen molar-refractivity contribution < 1.29 is 9.59 Å². The molecule has 2 bridgehead atoms. The van der Waals surface area contributed by atoms with Gasteiger partial charge in [0.2, 0.25) is 11.8 Å². The van der Waals surface area contributed by atoms with E-state index in [1.165, 1.54) is 10.5 Å². The van der Waals surface area contributed by atoms with E-state index in [0.717, 1.165) is 24.9 Å². The number of rotatable bonds is 3. The second-order valence-corrected chi connectivity index (χ2v) is 6.43. The molecule has 4 unspecified atom stereocenters. The summed E-state index contributed by atoms with van der Waals surface area (Å²) >= 11 is 0. The number of imide groups is 1. The van der Waals surface area contributed by atoms with Crippen molar-refractivity contribution in [2.75, 3.05) is 4.90 Å².